The van der Waals surface area contributed by atoms with E-state index in [0.29, 0.717) is 25.0 Å². The normalized spacial score (nSPS) is 16.7. The van der Waals surface area contributed by atoms with Gasteiger partial charge in [-0.15, -0.1) is 0 Å². The number of hydrogen-bond donors (Lipinski definition) is 1. The number of carbonyl (C=O) groups is 2. The van der Waals surface area contributed by atoms with Crippen molar-refractivity contribution in [1.82, 2.24) is 0 Å². The maximum absolute atomic E-state index is 12.0. The lowest BCUT2D eigenvalue weighted by Crippen LogP contribution is -2.25. The van der Waals surface area contributed by atoms with Crippen molar-refractivity contribution < 1.29 is 28.9 Å². The summed E-state index contributed by atoms with van der Waals surface area (Å²) in [6.45, 7) is 4.26. The van der Waals surface area contributed by atoms with Gasteiger partial charge in [0.05, 0.1) is 12.2 Å². The number of aliphatic hydroxyl groups is 1. The molecule has 6 nitrogen and oxygen atoms in total. The van der Waals surface area contributed by atoms with E-state index in [4.69, 9.17) is 14.2 Å². The fourth-order valence-corrected chi connectivity index (χ4v) is 5.86. The van der Waals surface area contributed by atoms with Crippen molar-refractivity contribution in [2.45, 2.75) is 212 Å². The van der Waals surface area contributed by atoms with Gasteiger partial charge >= 0.3 is 11.9 Å². The van der Waals surface area contributed by atoms with E-state index < -0.39 is 6.10 Å². The third kappa shape index (κ3) is 28.5. The number of epoxide rings is 1. The second-order valence-corrected chi connectivity index (χ2v) is 13.4. The van der Waals surface area contributed by atoms with Crippen molar-refractivity contribution in [3.05, 3.63) is 12.2 Å². The zero-order valence-electron chi connectivity index (χ0n) is 29.6. The Morgan fingerprint density at radius 3 is 1.49 bits per heavy atom. The van der Waals surface area contributed by atoms with Crippen LogP contribution in [0.15, 0.2) is 12.2 Å². The van der Waals surface area contributed by atoms with E-state index in [1.165, 1.54) is 109 Å². The summed E-state index contributed by atoms with van der Waals surface area (Å²) in [5, 5.41) is 10.0. The first-order chi connectivity index (χ1) is 22.1. The Morgan fingerprint density at radius 2 is 1.00 bits per heavy atom. The standard InChI is InChI=1S/C39H72O6/c1-3-5-7-9-11-12-13-14-15-16-17-18-19-23-27-31-38(41)43-33-35(40)34-44-39(42)32-28-24-20-22-26-30-37-36(45-37)29-25-21-10-8-6-4-2/h21,25,35-37,40H,3-20,22-24,26-34H2,1-2H3/b25-21-/t35-,36?,37?/m0/s1. The first kappa shape index (κ1) is 41.6. The van der Waals surface area contributed by atoms with Crippen molar-refractivity contribution in [2.75, 3.05) is 13.2 Å². The molecule has 0 radical (unpaired) electrons. The summed E-state index contributed by atoms with van der Waals surface area (Å²) in [5.74, 6) is -0.580. The zero-order chi connectivity index (χ0) is 32.6. The van der Waals surface area contributed by atoms with E-state index in [1.54, 1.807) is 0 Å². The zero-order valence-corrected chi connectivity index (χ0v) is 29.6. The fourth-order valence-electron chi connectivity index (χ4n) is 5.86. The summed E-state index contributed by atoms with van der Waals surface area (Å²) in [7, 11) is 0. The molecule has 0 spiro atoms. The highest BCUT2D eigenvalue weighted by Gasteiger charge is 2.36. The molecule has 0 aliphatic carbocycles. The van der Waals surface area contributed by atoms with Crippen LogP contribution >= 0.6 is 0 Å². The Kier molecular flexibility index (Phi) is 28.9. The third-order valence-electron chi connectivity index (χ3n) is 8.92. The molecule has 0 bridgehead atoms. The van der Waals surface area contributed by atoms with E-state index in [-0.39, 0.29) is 25.2 Å². The average molecular weight is 637 g/mol. The van der Waals surface area contributed by atoms with Gasteiger partial charge in [-0.1, -0.05) is 154 Å². The summed E-state index contributed by atoms with van der Waals surface area (Å²) >= 11 is 0. The second-order valence-electron chi connectivity index (χ2n) is 13.4. The molecule has 1 fully saturated rings. The summed E-state index contributed by atoms with van der Waals surface area (Å²) in [6, 6.07) is 0. The lowest BCUT2D eigenvalue weighted by atomic mass is 10.0. The van der Waals surface area contributed by atoms with Gasteiger partial charge in [-0.3, -0.25) is 9.59 Å². The van der Waals surface area contributed by atoms with Crippen LogP contribution in [0.25, 0.3) is 0 Å². The van der Waals surface area contributed by atoms with Gasteiger partial charge in [-0.05, 0) is 38.5 Å². The monoisotopic (exact) mass is 637 g/mol. The summed E-state index contributed by atoms with van der Waals surface area (Å²) in [5.41, 5.74) is 0. The average Bonchev–Trinajstić information content (AvgIpc) is 3.79. The van der Waals surface area contributed by atoms with E-state index in [1.807, 2.05) is 0 Å². The molecule has 1 aliphatic rings. The Balaban J connectivity index is 1.81. The van der Waals surface area contributed by atoms with Crippen LogP contribution in [-0.4, -0.2) is 48.6 Å². The Bertz CT molecular complexity index is 708. The highest BCUT2D eigenvalue weighted by atomic mass is 16.6. The quantitative estimate of drug-likeness (QED) is 0.0327. The van der Waals surface area contributed by atoms with Crippen LogP contribution in [0.4, 0.5) is 0 Å². The second kappa shape index (κ2) is 31.2. The van der Waals surface area contributed by atoms with Crippen LogP contribution in [0.5, 0.6) is 0 Å². The molecule has 0 saturated carbocycles. The van der Waals surface area contributed by atoms with Crippen LogP contribution in [0.1, 0.15) is 194 Å². The SMILES string of the molecule is CCCCC/C=C\CC1OC1CCCCCCCC(=O)OC[C@@H](O)COC(=O)CCCCCCCCCCCCCCCCC. The number of unbranched alkanes of at least 4 members (excludes halogenated alkanes) is 21. The Morgan fingerprint density at radius 1 is 0.578 bits per heavy atom. The van der Waals surface area contributed by atoms with Crippen LogP contribution < -0.4 is 0 Å². The molecule has 0 aromatic heterocycles. The molecular weight excluding hydrogens is 564 g/mol. The number of ether oxygens (including phenoxy) is 3. The first-order valence-electron chi connectivity index (χ1n) is 19.4. The molecule has 3 atom stereocenters. The maximum Gasteiger partial charge on any atom is 0.305 e. The summed E-state index contributed by atoms with van der Waals surface area (Å²) in [6.07, 6.45) is 37.1. The van der Waals surface area contributed by atoms with Crippen molar-refractivity contribution >= 4 is 11.9 Å². The van der Waals surface area contributed by atoms with E-state index in [2.05, 4.69) is 26.0 Å². The lowest BCUT2D eigenvalue weighted by Gasteiger charge is -2.12. The molecule has 1 aliphatic heterocycles. The van der Waals surface area contributed by atoms with Crippen molar-refractivity contribution in [2.24, 2.45) is 0 Å². The Labute approximate surface area is 277 Å². The molecule has 1 heterocycles. The number of esters is 2. The molecule has 0 amide bonds. The number of hydrogen-bond acceptors (Lipinski definition) is 6. The van der Waals surface area contributed by atoms with E-state index in [0.717, 1.165) is 57.8 Å². The molecule has 264 valence electrons. The topological polar surface area (TPSA) is 85.4 Å². The smallest absolute Gasteiger partial charge is 0.305 e. The highest BCUT2D eigenvalue weighted by molar-refractivity contribution is 5.69. The molecule has 1 saturated heterocycles. The van der Waals surface area contributed by atoms with Crippen LogP contribution in [0.3, 0.4) is 0 Å². The molecule has 45 heavy (non-hydrogen) atoms. The van der Waals surface area contributed by atoms with Crippen molar-refractivity contribution in [1.29, 1.82) is 0 Å². The molecule has 6 heteroatoms. The summed E-state index contributed by atoms with van der Waals surface area (Å²) < 4.78 is 16.1. The van der Waals surface area contributed by atoms with Gasteiger partial charge in [0.25, 0.3) is 0 Å². The minimum absolute atomic E-state index is 0.119. The minimum atomic E-state index is -0.969. The lowest BCUT2D eigenvalue weighted by molar-refractivity contribution is -0.152. The Hall–Kier alpha value is -1.40. The molecular formula is C39H72O6. The number of rotatable bonds is 34. The largest absolute Gasteiger partial charge is 0.463 e. The van der Waals surface area contributed by atoms with Crippen LogP contribution in [0.2, 0.25) is 0 Å². The molecule has 1 N–H and O–H groups in total. The van der Waals surface area contributed by atoms with E-state index >= 15 is 0 Å². The van der Waals surface area contributed by atoms with Gasteiger partial charge in [0, 0.05) is 12.8 Å². The minimum Gasteiger partial charge on any atom is -0.463 e. The van der Waals surface area contributed by atoms with Crippen molar-refractivity contribution in [3.63, 3.8) is 0 Å². The van der Waals surface area contributed by atoms with Gasteiger partial charge in [-0.25, -0.2) is 0 Å². The molecule has 0 aromatic rings. The van der Waals surface area contributed by atoms with Crippen LogP contribution in [0, 0.1) is 0 Å². The van der Waals surface area contributed by atoms with E-state index in [9.17, 15) is 14.7 Å². The number of aliphatic hydroxyl groups excluding tert-OH is 1. The maximum atomic E-state index is 12.0. The van der Waals surface area contributed by atoms with Gasteiger partial charge in [-0.2, -0.15) is 0 Å². The predicted octanol–water partition coefficient (Wildman–Crippen LogP) is 10.7. The number of carbonyl (C=O) groups excluding carboxylic acids is 2. The summed E-state index contributed by atoms with van der Waals surface area (Å²) in [4.78, 5) is 23.9. The third-order valence-corrected chi connectivity index (χ3v) is 8.92. The van der Waals surface area contributed by atoms with Gasteiger partial charge in [0.15, 0.2) is 0 Å². The van der Waals surface area contributed by atoms with Gasteiger partial charge in [0.1, 0.15) is 19.3 Å². The number of allylic oxidation sites excluding steroid dienone is 1. The van der Waals surface area contributed by atoms with Crippen molar-refractivity contribution in [3.8, 4) is 0 Å². The fraction of sp³-hybridized carbons (Fsp3) is 0.897. The molecule has 1 rings (SSSR count). The van der Waals surface area contributed by atoms with Crippen LogP contribution in [-0.2, 0) is 23.8 Å². The molecule has 0 aromatic carbocycles. The van der Waals surface area contributed by atoms with Gasteiger partial charge < -0.3 is 19.3 Å². The van der Waals surface area contributed by atoms with Gasteiger partial charge in [0.2, 0.25) is 0 Å². The predicted molar refractivity (Wildman–Crippen MR) is 186 cm³/mol. The first-order valence-corrected chi connectivity index (χ1v) is 19.4. The molecule has 2 unspecified atom stereocenters. The highest BCUT2D eigenvalue weighted by Crippen LogP contribution is 2.30.